The number of thiazole rings is 1. The molecule has 18 heavy (non-hydrogen) atoms. The van der Waals surface area contributed by atoms with Crippen molar-refractivity contribution in [2.24, 2.45) is 5.41 Å². The summed E-state index contributed by atoms with van der Waals surface area (Å²) in [4.78, 5) is 15.1. The van der Waals surface area contributed by atoms with Crippen LogP contribution < -0.4 is 4.72 Å². The van der Waals surface area contributed by atoms with Crippen molar-refractivity contribution >= 4 is 27.3 Å². The molecule has 0 bridgehead atoms. The number of sulfonamides is 1. The first-order chi connectivity index (χ1) is 8.38. The third-order valence-corrected chi connectivity index (χ3v) is 5.72. The maximum atomic E-state index is 12.1. The zero-order valence-corrected chi connectivity index (χ0v) is 11.7. The molecule has 0 unspecified atom stereocenters. The summed E-state index contributed by atoms with van der Waals surface area (Å²) < 4.78 is 31.1. The number of nitrogens with zero attached hydrogens (tertiary/aromatic N) is 1. The lowest BCUT2D eigenvalue weighted by atomic mass is 10.2. The van der Waals surface area contributed by atoms with Crippen LogP contribution in [0.4, 0.5) is 0 Å². The molecule has 1 aliphatic rings. The molecule has 0 spiro atoms. The molecule has 0 aromatic carbocycles. The summed E-state index contributed by atoms with van der Waals surface area (Å²) in [7, 11) is -2.50. The second kappa shape index (κ2) is 4.60. The number of hydrogen-bond donors (Lipinski definition) is 1. The Morgan fingerprint density at radius 1 is 1.61 bits per heavy atom. The molecule has 100 valence electrons. The van der Waals surface area contributed by atoms with Crippen molar-refractivity contribution in [3.63, 3.8) is 0 Å². The average Bonchev–Trinajstić information content (AvgIpc) is 2.88. The van der Waals surface area contributed by atoms with E-state index in [1.165, 1.54) is 12.6 Å². The highest BCUT2D eigenvalue weighted by molar-refractivity contribution is 7.91. The Morgan fingerprint density at radius 3 is 2.83 bits per heavy atom. The molecule has 0 amide bonds. The van der Waals surface area contributed by atoms with Crippen LogP contribution in [-0.4, -0.2) is 33.0 Å². The van der Waals surface area contributed by atoms with E-state index in [1.54, 1.807) is 0 Å². The van der Waals surface area contributed by atoms with Gasteiger partial charge in [-0.25, -0.2) is 22.9 Å². The van der Waals surface area contributed by atoms with Crippen molar-refractivity contribution in [1.29, 1.82) is 0 Å². The van der Waals surface area contributed by atoms with Crippen molar-refractivity contribution in [1.82, 2.24) is 9.71 Å². The number of carbonyl (C=O) groups is 1. The quantitative estimate of drug-likeness (QED) is 0.818. The first-order valence-electron chi connectivity index (χ1n) is 5.39. The number of aromatic nitrogens is 1. The molecule has 6 nitrogen and oxygen atoms in total. The van der Waals surface area contributed by atoms with Crippen LogP contribution in [0.5, 0.6) is 0 Å². The summed E-state index contributed by atoms with van der Waals surface area (Å²) in [6.45, 7) is 2.40. The van der Waals surface area contributed by atoms with E-state index in [0.717, 1.165) is 24.2 Å². The van der Waals surface area contributed by atoms with Crippen molar-refractivity contribution < 1.29 is 17.9 Å². The molecule has 0 saturated heterocycles. The highest BCUT2D eigenvalue weighted by atomic mass is 32.2. The van der Waals surface area contributed by atoms with E-state index < -0.39 is 16.0 Å². The number of carbonyl (C=O) groups excluding carboxylic acids is 1. The van der Waals surface area contributed by atoms with Gasteiger partial charge in [-0.05, 0) is 18.3 Å². The van der Waals surface area contributed by atoms with Crippen molar-refractivity contribution in [3.8, 4) is 0 Å². The summed E-state index contributed by atoms with van der Waals surface area (Å²) in [5, 5.41) is 0. The first kappa shape index (κ1) is 13.4. The molecular weight excluding hydrogens is 276 g/mol. The third kappa shape index (κ3) is 2.70. The average molecular weight is 290 g/mol. The Morgan fingerprint density at radius 2 is 2.28 bits per heavy atom. The highest BCUT2D eigenvalue weighted by Gasteiger charge is 2.38. The van der Waals surface area contributed by atoms with Crippen LogP contribution in [0.3, 0.4) is 0 Å². The topological polar surface area (TPSA) is 85.4 Å². The predicted molar refractivity (Wildman–Crippen MR) is 66.0 cm³/mol. The van der Waals surface area contributed by atoms with Crippen LogP contribution in [0.1, 0.15) is 30.3 Å². The largest absolute Gasteiger partial charge is 0.464 e. The minimum absolute atomic E-state index is 0.0587. The molecule has 0 aliphatic heterocycles. The van der Waals surface area contributed by atoms with Gasteiger partial charge in [0.15, 0.2) is 9.90 Å². The Balaban J connectivity index is 2.19. The molecule has 1 aromatic heterocycles. The molecule has 1 aromatic rings. The molecule has 1 heterocycles. The lowest BCUT2D eigenvalue weighted by Crippen LogP contribution is -2.29. The summed E-state index contributed by atoms with van der Waals surface area (Å²) in [5.41, 5.74) is 1.22. The van der Waals surface area contributed by atoms with Gasteiger partial charge in [0, 0.05) is 6.54 Å². The maximum absolute atomic E-state index is 12.1. The summed E-state index contributed by atoms with van der Waals surface area (Å²) in [6, 6.07) is 0. The number of methoxy groups -OCH3 is 1. The van der Waals surface area contributed by atoms with Crippen molar-refractivity contribution in [2.45, 2.75) is 24.0 Å². The van der Waals surface area contributed by atoms with Crippen LogP contribution in [0, 0.1) is 5.41 Å². The smallest absolute Gasteiger partial charge is 0.358 e. The number of rotatable bonds is 5. The van der Waals surface area contributed by atoms with E-state index in [1.807, 2.05) is 6.92 Å². The Hall–Kier alpha value is -0.990. The normalized spacial score (nSPS) is 17.4. The van der Waals surface area contributed by atoms with Crippen LogP contribution >= 0.6 is 11.3 Å². The third-order valence-electron chi connectivity index (χ3n) is 2.95. The number of esters is 1. The predicted octanol–water partition coefficient (Wildman–Crippen LogP) is 1.01. The van der Waals surface area contributed by atoms with Gasteiger partial charge in [-0.1, -0.05) is 6.92 Å². The standard InChI is InChI=1S/C10H14N2O4S2/c1-10(3-4-10)5-12-18(14,15)9-7(8(13)16-2)11-6-17-9/h6,12H,3-5H2,1-2H3. The molecule has 1 aliphatic carbocycles. The van der Waals surface area contributed by atoms with Gasteiger partial charge < -0.3 is 4.74 Å². The van der Waals surface area contributed by atoms with Crippen LogP contribution in [0.2, 0.25) is 0 Å². The van der Waals surface area contributed by atoms with Gasteiger partial charge >= 0.3 is 5.97 Å². The Bertz CT molecular complexity index is 560. The summed E-state index contributed by atoms with van der Waals surface area (Å²) >= 11 is 0.909. The highest BCUT2D eigenvalue weighted by Crippen LogP contribution is 2.44. The molecule has 8 heteroatoms. The first-order valence-corrected chi connectivity index (χ1v) is 7.76. The fourth-order valence-corrected chi connectivity index (χ4v) is 3.76. The molecule has 2 rings (SSSR count). The fraction of sp³-hybridized carbons (Fsp3) is 0.600. The van der Waals surface area contributed by atoms with E-state index in [-0.39, 0.29) is 15.3 Å². The molecular formula is C10H14N2O4S2. The van der Waals surface area contributed by atoms with E-state index in [9.17, 15) is 13.2 Å². The van der Waals surface area contributed by atoms with E-state index >= 15 is 0 Å². The second-order valence-corrected chi connectivity index (χ2v) is 7.43. The number of nitrogens with one attached hydrogen (secondary N) is 1. The zero-order valence-electron chi connectivity index (χ0n) is 10.1. The van der Waals surface area contributed by atoms with Crippen LogP contribution in [0.15, 0.2) is 9.72 Å². The van der Waals surface area contributed by atoms with Gasteiger partial charge in [-0.15, -0.1) is 11.3 Å². The summed E-state index contributed by atoms with van der Waals surface area (Å²) in [6.07, 6.45) is 2.03. The molecule has 1 fully saturated rings. The second-order valence-electron chi connectivity index (χ2n) is 4.62. The molecule has 0 atom stereocenters. The lowest BCUT2D eigenvalue weighted by Gasteiger charge is -2.10. The number of hydrogen-bond acceptors (Lipinski definition) is 6. The van der Waals surface area contributed by atoms with Gasteiger partial charge in [0.05, 0.1) is 12.6 Å². The van der Waals surface area contributed by atoms with E-state index in [4.69, 9.17) is 0 Å². The minimum Gasteiger partial charge on any atom is -0.464 e. The van der Waals surface area contributed by atoms with Gasteiger partial charge in [0.25, 0.3) is 10.0 Å². The van der Waals surface area contributed by atoms with Gasteiger partial charge in [0.1, 0.15) is 0 Å². The van der Waals surface area contributed by atoms with Crippen molar-refractivity contribution in [3.05, 3.63) is 11.2 Å². The lowest BCUT2D eigenvalue weighted by molar-refractivity contribution is 0.0590. The Labute approximate surface area is 109 Å². The van der Waals surface area contributed by atoms with Crippen LogP contribution in [-0.2, 0) is 14.8 Å². The monoisotopic (exact) mass is 290 g/mol. The SMILES string of the molecule is COC(=O)c1ncsc1S(=O)(=O)NCC1(C)CC1. The summed E-state index contributed by atoms with van der Waals surface area (Å²) in [5.74, 6) is -0.741. The van der Waals surface area contributed by atoms with E-state index in [2.05, 4.69) is 14.4 Å². The Kier molecular flexibility index (Phi) is 3.43. The minimum atomic E-state index is -3.69. The number of ether oxygens (including phenoxy) is 1. The molecule has 1 saturated carbocycles. The van der Waals surface area contributed by atoms with Gasteiger partial charge in [0.2, 0.25) is 0 Å². The van der Waals surface area contributed by atoms with Crippen molar-refractivity contribution in [2.75, 3.05) is 13.7 Å². The van der Waals surface area contributed by atoms with Gasteiger partial charge in [-0.3, -0.25) is 0 Å². The van der Waals surface area contributed by atoms with Crippen LogP contribution in [0.25, 0.3) is 0 Å². The van der Waals surface area contributed by atoms with E-state index in [0.29, 0.717) is 6.54 Å². The molecule has 0 radical (unpaired) electrons. The van der Waals surface area contributed by atoms with Gasteiger partial charge in [-0.2, -0.15) is 0 Å². The molecule has 1 N–H and O–H groups in total. The zero-order chi connectivity index (χ0) is 13.4. The fourth-order valence-electron chi connectivity index (χ4n) is 1.38. The maximum Gasteiger partial charge on any atom is 0.358 e.